The van der Waals surface area contributed by atoms with Crippen molar-refractivity contribution in [3.8, 4) is 0 Å². The van der Waals surface area contributed by atoms with Gasteiger partial charge >= 0.3 is 0 Å². The van der Waals surface area contributed by atoms with Crippen molar-refractivity contribution in [3.05, 3.63) is 0 Å². The molecule has 0 aliphatic carbocycles. The summed E-state index contributed by atoms with van der Waals surface area (Å²) >= 11 is 0. The van der Waals surface area contributed by atoms with Gasteiger partial charge in [-0.15, -0.1) is 0 Å². The second kappa shape index (κ2) is 7.16. The Hall–Kier alpha value is 0.470. The summed E-state index contributed by atoms with van der Waals surface area (Å²) in [6.07, 6.45) is -2.70. The standard InChI is InChI=1S/C8H15O6P3/c1-4-6(3-13-17(15-11)16-12)14-5(2)8(10)7(4)9/h4-10H,3H2,1-2H3/t4-,5+,6?,7?,8+/m0/s1. The van der Waals surface area contributed by atoms with E-state index in [0.29, 0.717) is 0 Å². The third kappa shape index (κ3) is 3.97. The Morgan fingerprint density at radius 2 is 1.82 bits per heavy atom. The topological polar surface area (TPSA) is 93.1 Å². The molecule has 1 fully saturated rings. The molecule has 9 heteroatoms. The minimum Gasteiger partial charge on any atom is -0.390 e. The Morgan fingerprint density at radius 3 is 2.35 bits per heavy atom. The van der Waals surface area contributed by atoms with Gasteiger partial charge in [0.2, 0.25) is 23.8 Å². The minimum absolute atomic E-state index is 0.103. The van der Waals surface area contributed by atoms with Crippen molar-refractivity contribution in [2.45, 2.75) is 38.3 Å². The van der Waals surface area contributed by atoms with Crippen LogP contribution in [0, 0.1) is 5.92 Å². The summed E-state index contributed by atoms with van der Waals surface area (Å²) in [4.78, 5) is 0. The maximum Gasteiger partial charge on any atom is 0.224 e. The van der Waals surface area contributed by atoms with Crippen LogP contribution in [0.1, 0.15) is 13.8 Å². The Morgan fingerprint density at radius 1 is 1.24 bits per heavy atom. The van der Waals surface area contributed by atoms with Crippen LogP contribution in [0.15, 0.2) is 0 Å². The second-order valence-corrected chi connectivity index (χ2v) is 9.13. The third-order valence-electron chi connectivity index (χ3n) is 2.84. The molecule has 0 amide bonds. The molecule has 98 valence electrons. The lowest BCUT2D eigenvalue weighted by atomic mass is 9.89. The van der Waals surface area contributed by atoms with E-state index in [1.807, 2.05) is 0 Å². The highest BCUT2D eigenvalue weighted by molar-refractivity contribution is 8.44. The van der Waals surface area contributed by atoms with Crippen LogP contribution in [0.3, 0.4) is 0 Å². The summed E-state index contributed by atoms with van der Waals surface area (Å²) in [5, 5.41) is 19.3. The molecule has 17 heavy (non-hydrogen) atoms. The minimum atomic E-state index is -1.53. The van der Waals surface area contributed by atoms with Gasteiger partial charge in [0.15, 0.2) is 0 Å². The Balaban J connectivity index is 2.53. The number of hydrogen-bond acceptors (Lipinski definition) is 6. The van der Waals surface area contributed by atoms with Crippen molar-refractivity contribution in [1.82, 2.24) is 0 Å². The first kappa shape index (κ1) is 15.5. The van der Waals surface area contributed by atoms with Gasteiger partial charge in [0.25, 0.3) is 0 Å². The Kier molecular flexibility index (Phi) is 6.54. The molecule has 0 aromatic carbocycles. The smallest absolute Gasteiger partial charge is 0.224 e. The summed E-state index contributed by atoms with van der Waals surface area (Å²) in [5.41, 5.74) is 0. The molecule has 1 saturated heterocycles. The molecule has 0 radical (unpaired) electrons. The van der Waals surface area contributed by atoms with Crippen molar-refractivity contribution in [1.29, 1.82) is 0 Å². The van der Waals surface area contributed by atoms with Crippen LogP contribution >= 0.6 is 23.8 Å². The van der Waals surface area contributed by atoms with Gasteiger partial charge in [-0.25, -0.2) is 0 Å². The van der Waals surface area contributed by atoms with Crippen LogP contribution in [0.5, 0.6) is 0 Å². The van der Waals surface area contributed by atoms with E-state index in [0.717, 1.165) is 0 Å². The average molecular weight is 300 g/mol. The highest BCUT2D eigenvalue weighted by Crippen LogP contribution is 2.60. The van der Waals surface area contributed by atoms with E-state index in [4.69, 9.17) is 9.26 Å². The summed E-state index contributed by atoms with van der Waals surface area (Å²) in [7, 11) is -2.12. The first-order valence-electron chi connectivity index (χ1n) is 5.12. The van der Waals surface area contributed by atoms with E-state index in [1.165, 1.54) is 0 Å². The Bertz CT molecular complexity index is 270. The van der Waals surface area contributed by atoms with Crippen molar-refractivity contribution in [3.63, 3.8) is 0 Å². The fourth-order valence-electron chi connectivity index (χ4n) is 1.68. The van der Waals surface area contributed by atoms with Gasteiger partial charge < -0.3 is 19.5 Å². The molecule has 2 N–H and O–H groups in total. The molecule has 1 rings (SSSR count). The van der Waals surface area contributed by atoms with E-state index >= 15 is 0 Å². The molecule has 1 aliphatic rings. The second-order valence-electron chi connectivity index (χ2n) is 3.93. The molecule has 0 saturated carbocycles. The van der Waals surface area contributed by atoms with Gasteiger partial charge in [0, 0.05) is 5.92 Å². The zero-order valence-corrected chi connectivity index (χ0v) is 12.1. The fraction of sp³-hybridized carbons (Fsp3) is 1.00. The molecule has 5 atom stereocenters. The van der Waals surface area contributed by atoms with Crippen LogP contribution in [0.4, 0.5) is 0 Å². The lowest BCUT2D eigenvalue weighted by Crippen LogP contribution is -2.53. The first-order chi connectivity index (χ1) is 8.01. The van der Waals surface area contributed by atoms with Crippen LogP contribution in [0.25, 0.3) is 0 Å². The Labute approximate surface area is 104 Å². The fourth-order valence-corrected chi connectivity index (χ4v) is 3.13. The van der Waals surface area contributed by atoms with Gasteiger partial charge in [0.05, 0.1) is 24.9 Å². The average Bonchev–Trinajstić information content (AvgIpc) is 2.33. The lowest BCUT2D eigenvalue weighted by molar-refractivity contribution is -0.195. The predicted molar refractivity (Wildman–Crippen MR) is 63.6 cm³/mol. The van der Waals surface area contributed by atoms with Crippen LogP contribution in [0.2, 0.25) is 0 Å². The summed E-state index contributed by atoms with van der Waals surface area (Å²) < 4.78 is 31.7. The molecule has 0 bridgehead atoms. The molecule has 2 unspecified atom stereocenters. The maximum absolute atomic E-state index is 10.5. The SMILES string of the molecule is C[C@H]1C(COP(P=O)P=O)O[C@H](C)[C@@H](O)C1O. The number of hydrogen-bond donors (Lipinski definition) is 2. The van der Waals surface area contributed by atoms with E-state index in [-0.39, 0.29) is 28.8 Å². The molecule has 1 aliphatic heterocycles. The number of aliphatic hydroxyl groups excluding tert-OH is 2. The largest absolute Gasteiger partial charge is 0.390 e. The maximum atomic E-state index is 10.5. The normalized spacial score (nSPS) is 40.6. The van der Waals surface area contributed by atoms with Gasteiger partial charge in [0.1, 0.15) is 6.10 Å². The van der Waals surface area contributed by atoms with Gasteiger partial charge in [-0.2, -0.15) is 0 Å². The zero-order valence-electron chi connectivity index (χ0n) is 9.46. The number of aliphatic hydroxyl groups is 2. The van der Waals surface area contributed by atoms with Crippen molar-refractivity contribution in [2.75, 3.05) is 6.61 Å². The predicted octanol–water partition coefficient (Wildman–Crippen LogP) is 1.96. The number of ether oxygens (including phenoxy) is 1. The lowest BCUT2D eigenvalue weighted by Gasteiger charge is -2.40. The van der Waals surface area contributed by atoms with Crippen LogP contribution in [-0.4, -0.2) is 41.2 Å². The highest BCUT2D eigenvalue weighted by Gasteiger charge is 2.40. The monoisotopic (exact) mass is 300 g/mol. The first-order valence-corrected chi connectivity index (χ1v) is 9.42. The van der Waals surface area contributed by atoms with E-state index in [9.17, 15) is 19.3 Å². The molecular formula is C8H15O6P3. The van der Waals surface area contributed by atoms with Gasteiger partial charge in [-0.3, -0.25) is 9.13 Å². The molecule has 0 aromatic heterocycles. The molecule has 0 spiro atoms. The highest BCUT2D eigenvalue weighted by atomic mass is 32.4. The molecule has 1 heterocycles. The number of rotatable bonds is 5. The van der Waals surface area contributed by atoms with E-state index < -0.39 is 31.9 Å². The summed E-state index contributed by atoms with van der Waals surface area (Å²) in [5.74, 6) is -0.301. The quantitative estimate of drug-likeness (QED) is 0.754. The van der Waals surface area contributed by atoms with Crippen molar-refractivity contribution in [2.24, 2.45) is 5.92 Å². The van der Waals surface area contributed by atoms with Gasteiger partial charge in [-0.05, 0) is 6.92 Å². The summed E-state index contributed by atoms with van der Waals surface area (Å²) in [6, 6.07) is 0. The van der Waals surface area contributed by atoms with Crippen molar-refractivity contribution < 1.29 is 28.6 Å². The van der Waals surface area contributed by atoms with Crippen molar-refractivity contribution >= 4 is 23.8 Å². The molecule has 0 aromatic rings. The summed E-state index contributed by atoms with van der Waals surface area (Å²) in [6.45, 7) is 3.50. The van der Waals surface area contributed by atoms with Crippen LogP contribution < -0.4 is 0 Å². The van der Waals surface area contributed by atoms with E-state index in [1.54, 1.807) is 13.8 Å². The van der Waals surface area contributed by atoms with E-state index in [2.05, 4.69) is 0 Å². The van der Waals surface area contributed by atoms with Gasteiger partial charge in [-0.1, -0.05) is 6.92 Å². The molecular weight excluding hydrogens is 285 g/mol. The van der Waals surface area contributed by atoms with Crippen LogP contribution in [-0.2, 0) is 18.4 Å². The molecule has 6 nitrogen and oxygen atoms in total. The third-order valence-corrected chi connectivity index (χ3v) is 6.34. The zero-order chi connectivity index (χ0) is 13.0.